The molecule has 0 spiro atoms. The average molecular weight is 297 g/mol. The first-order valence-corrected chi connectivity index (χ1v) is 8.34. The van der Waals surface area contributed by atoms with Gasteiger partial charge < -0.3 is 5.11 Å². The molecular weight excluding hydrogens is 278 g/mol. The van der Waals surface area contributed by atoms with E-state index in [1.54, 1.807) is 24.3 Å². The monoisotopic (exact) mass is 297 g/mol. The molecule has 5 nitrogen and oxygen atoms in total. The van der Waals surface area contributed by atoms with E-state index in [2.05, 4.69) is 4.72 Å². The minimum absolute atomic E-state index is 0.0765. The molecule has 1 aromatic carbocycles. The minimum Gasteiger partial charge on any atom is -0.481 e. The topological polar surface area (TPSA) is 83.5 Å². The van der Waals surface area contributed by atoms with Crippen molar-refractivity contribution in [3.8, 4) is 0 Å². The van der Waals surface area contributed by atoms with Gasteiger partial charge in [-0.1, -0.05) is 25.0 Å². The van der Waals surface area contributed by atoms with Crippen LogP contribution in [0.2, 0.25) is 0 Å². The van der Waals surface area contributed by atoms with Gasteiger partial charge in [-0.2, -0.15) is 0 Å². The van der Waals surface area contributed by atoms with Crippen molar-refractivity contribution in [2.45, 2.75) is 43.8 Å². The van der Waals surface area contributed by atoms with Crippen LogP contribution in [0, 0.1) is 0 Å². The summed E-state index contributed by atoms with van der Waals surface area (Å²) in [7, 11) is -3.30. The van der Waals surface area contributed by atoms with Crippen LogP contribution in [-0.4, -0.2) is 24.7 Å². The van der Waals surface area contributed by atoms with Crippen LogP contribution < -0.4 is 4.72 Å². The number of benzene rings is 1. The van der Waals surface area contributed by atoms with Gasteiger partial charge in [-0.25, -0.2) is 8.42 Å². The van der Waals surface area contributed by atoms with Gasteiger partial charge in [0.2, 0.25) is 10.0 Å². The number of carboxylic acid groups (broad SMARTS) is 1. The molecule has 2 rings (SSSR count). The van der Waals surface area contributed by atoms with Gasteiger partial charge in [0.05, 0.1) is 5.25 Å². The fourth-order valence-corrected chi connectivity index (χ4v) is 4.02. The molecule has 110 valence electrons. The summed E-state index contributed by atoms with van der Waals surface area (Å²) in [4.78, 5) is 10.5. The molecule has 2 N–H and O–H groups in total. The zero-order chi connectivity index (χ0) is 14.6. The van der Waals surface area contributed by atoms with E-state index >= 15 is 0 Å². The maximum Gasteiger partial charge on any atom is 0.303 e. The third-order valence-corrected chi connectivity index (χ3v) is 5.45. The number of sulfonamides is 1. The summed E-state index contributed by atoms with van der Waals surface area (Å²) >= 11 is 0. The fraction of sp³-hybridized carbons (Fsp3) is 0.500. The highest BCUT2D eigenvalue weighted by molar-refractivity contribution is 7.93. The molecule has 20 heavy (non-hydrogen) atoms. The molecule has 0 amide bonds. The Labute approximate surface area is 119 Å². The van der Waals surface area contributed by atoms with E-state index in [9.17, 15) is 13.2 Å². The van der Waals surface area contributed by atoms with E-state index in [0.29, 0.717) is 12.1 Å². The SMILES string of the molecule is O=C(O)CCc1ccc(NS(=O)(=O)C2CCCC2)cc1. The average Bonchev–Trinajstić information content (AvgIpc) is 2.92. The summed E-state index contributed by atoms with van der Waals surface area (Å²) in [5, 5.41) is 8.33. The molecule has 0 aromatic heterocycles. The first-order chi connectivity index (χ1) is 9.47. The molecule has 1 aromatic rings. The number of aliphatic carboxylic acids is 1. The van der Waals surface area contributed by atoms with Gasteiger partial charge in [0.25, 0.3) is 0 Å². The van der Waals surface area contributed by atoms with Crippen molar-refractivity contribution in [1.82, 2.24) is 0 Å². The number of nitrogens with one attached hydrogen (secondary N) is 1. The fourth-order valence-electron chi connectivity index (χ4n) is 2.44. The molecular formula is C14H19NO4S. The Kier molecular flexibility index (Phi) is 4.65. The van der Waals surface area contributed by atoms with Crippen molar-refractivity contribution in [2.75, 3.05) is 4.72 Å². The van der Waals surface area contributed by atoms with Crippen LogP contribution in [0.1, 0.15) is 37.7 Å². The van der Waals surface area contributed by atoms with Crippen LogP contribution in [0.3, 0.4) is 0 Å². The summed E-state index contributed by atoms with van der Waals surface area (Å²) in [6.07, 6.45) is 3.93. The molecule has 0 aliphatic heterocycles. The molecule has 1 aliphatic carbocycles. The molecule has 1 saturated carbocycles. The maximum absolute atomic E-state index is 12.1. The normalized spacial score (nSPS) is 16.2. The molecule has 0 atom stereocenters. The van der Waals surface area contributed by atoms with E-state index in [4.69, 9.17) is 5.11 Å². The van der Waals surface area contributed by atoms with E-state index in [1.807, 2.05) is 0 Å². The number of hydrogen-bond acceptors (Lipinski definition) is 3. The highest BCUT2D eigenvalue weighted by Crippen LogP contribution is 2.26. The number of carboxylic acids is 1. The van der Waals surface area contributed by atoms with E-state index in [0.717, 1.165) is 31.2 Å². The van der Waals surface area contributed by atoms with Crippen LogP contribution in [0.4, 0.5) is 5.69 Å². The summed E-state index contributed by atoms with van der Waals surface area (Å²) in [6.45, 7) is 0. The standard InChI is InChI=1S/C14H19NO4S/c16-14(17)10-7-11-5-8-12(9-6-11)15-20(18,19)13-3-1-2-4-13/h5-6,8-9,13,15H,1-4,7,10H2,(H,16,17). The van der Waals surface area contributed by atoms with Gasteiger partial charge in [0.15, 0.2) is 0 Å². The quantitative estimate of drug-likeness (QED) is 0.844. The summed E-state index contributed by atoms with van der Waals surface area (Å²) < 4.78 is 26.8. The molecule has 0 unspecified atom stereocenters. The number of aryl methyl sites for hydroxylation is 1. The smallest absolute Gasteiger partial charge is 0.303 e. The molecule has 0 radical (unpaired) electrons. The Morgan fingerprint density at radius 2 is 1.80 bits per heavy atom. The third-order valence-electron chi connectivity index (χ3n) is 3.58. The summed E-state index contributed by atoms with van der Waals surface area (Å²) in [6, 6.07) is 6.89. The Hall–Kier alpha value is -1.56. The lowest BCUT2D eigenvalue weighted by molar-refractivity contribution is -0.136. The molecule has 0 heterocycles. The number of hydrogen-bond donors (Lipinski definition) is 2. The lowest BCUT2D eigenvalue weighted by Gasteiger charge is -2.13. The molecule has 1 aliphatic rings. The van der Waals surface area contributed by atoms with Crippen LogP contribution in [0.5, 0.6) is 0 Å². The Morgan fingerprint density at radius 3 is 2.35 bits per heavy atom. The van der Waals surface area contributed by atoms with E-state index < -0.39 is 16.0 Å². The van der Waals surface area contributed by atoms with Gasteiger partial charge in [-0.05, 0) is 37.0 Å². The lowest BCUT2D eigenvalue weighted by Crippen LogP contribution is -2.25. The first-order valence-electron chi connectivity index (χ1n) is 6.80. The Bertz CT molecular complexity index is 559. The predicted octanol–water partition coefficient (Wildman–Crippen LogP) is 2.39. The molecule has 1 fully saturated rings. The lowest BCUT2D eigenvalue weighted by atomic mass is 10.1. The van der Waals surface area contributed by atoms with Crippen molar-refractivity contribution in [2.24, 2.45) is 0 Å². The summed E-state index contributed by atoms with van der Waals surface area (Å²) in [5.74, 6) is -0.837. The zero-order valence-electron chi connectivity index (χ0n) is 11.2. The van der Waals surface area contributed by atoms with Crippen LogP contribution >= 0.6 is 0 Å². The number of rotatable bonds is 6. The Balaban J connectivity index is 1.98. The largest absolute Gasteiger partial charge is 0.481 e. The second kappa shape index (κ2) is 6.26. The summed E-state index contributed by atoms with van der Waals surface area (Å²) in [5.41, 5.74) is 1.42. The Morgan fingerprint density at radius 1 is 1.20 bits per heavy atom. The predicted molar refractivity (Wildman–Crippen MR) is 77.2 cm³/mol. The van der Waals surface area contributed by atoms with E-state index in [1.165, 1.54) is 0 Å². The second-order valence-corrected chi connectivity index (χ2v) is 7.11. The highest BCUT2D eigenvalue weighted by atomic mass is 32.2. The van der Waals surface area contributed by atoms with Gasteiger partial charge in [-0.3, -0.25) is 9.52 Å². The number of anilines is 1. The second-order valence-electron chi connectivity index (χ2n) is 5.14. The van der Waals surface area contributed by atoms with E-state index in [-0.39, 0.29) is 11.7 Å². The van der Waals surface area contributed by atoms with Crippen molar-refractivity contribution in [3.05, 3.63) is 29.8 Å². The van der Waals surface area contributed by atoms with Gasteiger partial charge in [-0.15, -0.1) is 0 Å². The first kappa shape index (κ1) is 14.8. The van der Waals surface area contributed by atoms with Crippen molar-refractivity contribution >= 4 is 21.7 Å². The third kappa shape index (κ3) is 3.96. The number of carbonyl (C=O) groups is 1. The minimum atomic E-state index is -3.30. The van der Waals surface area contributed by atoms with Crippen LogP contribution in [0.15, 0.2) is 24.3 Å². The zero-order valence-corrected chi connectivity index (χ0v) is 12.0. The molecule has 0 bridgehead atoms. The van der Waals surface area contributed by atoms with Crippen LogP contribution in [-0.2, 0) is 21.2 Å². The molecule has 6 heteroatoms. The van der Waals surface area contributed by atoms with Gasteiger partial charge in [0.1, 0.15) is 0 Å². The van der Waals surface area contributed by atoms with Crippen molar-refractivity contribution in [3.63, 3.8) is 0 Å². The van der Waals surface area contributed by atoms with Crippen LogP contribution in [0.25, 0.3) is 0 Å². The van der Waals surface area contributed by atoms with Crippen molar-refractivity contribution in [1.29, 1.82) is 0 Å². The maximum atomic E-state index is 12.1. The van der Waals surface area contributed by atoms with Crippen molar-refractivity contribution < 1.29 is 18.3 Å². The van der Waals surface area contributed by atoms with Gasteiger partial charge >= 0.3 is 5.97 Å². The highest BCUT2D eigenvalue weighted by Gasteiger charge is 2.28. The van der Waals surface area contributed by atoms with Gasteiger partial charge in [0, 0.05) is 12.1 Å². The molecule has 0 saturated heterocycles.